The summed E-state index contributed by atoms with van der Waals surface area (Å²) in [6.45, 7) is 15.2. The molecule has 0 aliphatic carbocycles. The van der Waals surface area contributed by atoms with Gasteiger partial charge in [-0.25, -0.2) is 4.98 Å². The second-order valence-corrected chi connectivity index (χ2v) is 8.65. The minimum absolute atomic E-state index is 0.0142. The van der Waals surface area contributed by atoms with E-state index >= 15 is 0 Å². The fraction of sp³-hybridized carbons (Fsp3) is 0.524. The Morgan fingerprint density at radius 1 is 1.15 bits per heavy atom. The molecule has 1 aromatic heterocycles. The van der Waals surface area contributed by atoms with E-state index in [4.69, 9.17) is 0 Å². The molecule has 1 amide bonds. The third-order valence-electron chi connectivity index (χ3n) is 4.76. The van der Waals surface area contributed by atoms with Crippen LogP contribution in [0.1, 0.15) is 49.8 Å². The Bertz CT molecular complexity index is 806. The molecule has 1 N–H and O–H groups in total. The van der Waals surface area contributed by atoms with Gasteiger partial charge in [0.1, 0.15) is 5.82 Å². The zero-order valence-electron chi connectivity index (χ0n) is 16.8. The Kier molecular flexibility index (Phi) is 4.82. The van der Waals surface area contributed by atoms with Crippen molar-refractivity contribution in [1.29, 1.82) is 0 Å². The molecule has 2 aromatic rings. The molecule has 1 aliphatic rings. The lowest BCUT2D eigenvalue weighted by molar-refractivity contribution is -0.117. The molecule has 0 atom stereocenters. The lowest BCUT2D eigenvalue weighted by Gasteiger charge is -2.30. The van der Waals surface area contributed by atoms with Gasteiger partial charge in [0.25, 0.3) is 0 Å². The number of hydrogen-bond acceptors (Lipinski definition) is 3. The Labute approximate surface area is 156 Å². The highest BCUT2D eigenvalue weighted by atomic mass is 16.1. The van der Waals surface area contributed by atoms with E-state index in [9.17, 15) is 4.79 Å². The molecule has 5 heteroatoms. The fourth-order valence-electron chi connectivity index (χ4n) is 3.60. The van der Waals surface area contributed by atoms with Gasteiger partial charge in [-0.15, -0.1) is 0 Å². The molecule has 0 radical (unpaired) electrons. The van der Waals surface area contributed by atoms with Crippen molar-refractivity contribution < 1.29 is 4.79 Å². The first-order valence-corrected chi connectivity index (χ1v) is 9.31. The predicted molar refractivity (Wildman–Crippen MR) is 107 cm³/mol. The lowest BCUT2D eigenvalue weighted by Crippen LogP contribution is -2.33. The number of carbonyl (C=O) groups is 1. The van der Waals surface area contributed by atoms with Gasteiger partial charge < -0.3 is 14.8 Å². The van der Waals surface area contributed by atoms with Gasteiger partial charge in [-0.3, -0.25) is 4.79 Å². The number of amides is 1. The number of hydrogen-bond donors (Lipinski definition) is 1. The average molecular weight is 354 g/mol. The summed E-state index contributed by atoms with van der Waals surface area (Å²) in [7, 11) is 0. The number of imidazole rings is 1. The first-order valence-electron chi connectivity index (χ1n) is 9.31. The molecule has 0 bridgehead atoms. The number of anilines is 2. The van der Waals surface area contributed by atoms with Crippen LogP contribution in [0, 0.1) is 26.2 Å². The zero-order valence-corrected chi connectivity index (χ0v) is 16.8. The Hall–Kier alpha value is -2.30. The van der Waals surface area contributed by atoms with Gasteiger partial charge >= 0.3 is 0 Å². The van der Waals surface area contributed by atoms with Crippen molar-refractivity contribution in [2.45, 2.75) is 61.1 Å². The maximum absolute atomic E-state index is 12.3. The Balaban J connectivity index is 1.78. The fourth-order valence-corrected chi connectivity index (χ4v) is 3.60. The molecule has 140 valence electrons. The maximum atomic E-state index is 12.3. The van der Waals surface area contributed by atoms with E-state index in [1.807, 2.05) is 6.92 Å². The third-order valence-corrected chi connectivity index (χ3v) is 4.76. The van der Waals surface area contributed by atoms with Crippen LogP contribution in [-0.2, 0) is 17.9 Å². The lowest BCUT2D eigenvalue weighted by atomic mass is 9.92. The van der Waals surface area contributed by atoms with Crippen LogP contribution in [0.15, 0.2) is 18.3 Å². The first-order chi connectivity index (χ1) is 12.1. The molecule has 1 aromatic carbocycles. The molecule has 0 spiro atoms. The highest BCUT2D eigenvalue weighted by Crippen LogP contribution is 2.30. The maximum Gasteiger partial charge on any atom is 0.224 e. The largest absolute Gasteiger partial charge is 0.362 e. The van der Waals surface area contributed by atoms with Crippen molar-refractivity contribution >= 4 is 17.3 Å². The molecule has 0 saturated heterocycles. The summed E-state index contributed by atoms with van der Waals surface area (Å²) in [5.41, 5.74) is 5.41. The third kappa shape index (κ3) is 4.09. The molecule has 5 nitrogen and oxygen atoms in total. The molecular weight excluding hydrogens is 324 g/mol. The molecule has 2 heterocycles. The van der Waals surface area contributed by atoms with Gasteiger partial charge in [0.05, 0.1) is 12.2 Å². The summed E-state index contributed by atoms with van der Waals surface area (Å²) in [6, 6.07) is 4.34. The number of fused-ring (bicyclic) bond motifs is 1. The van der Waals surface area contributed by atoms with Crippen molar-refractivity contribution in [3.8, 4) is 0 Å². The molecule has 0 saturated carbocycles. The number of rotatable bonds is 3. The summed E-state index contributed by atoms with van der Waals surface area (Å²) in [5, 5.41) is 3.11. The summed E-state index contributed by atoms with van der Waals surface area (Å²) in [5.74, 6) is 1.19. The second kappa shape index (κ2) is 6.78. The van der Waals surface area contributed by atoms with E-state index in [0.29, 0.717) is 6.42 Å². The highest BCUT2D eigenvalue weighted by molar-refractivity contribution is 5.93. The Morgan fingerprint density at radius 2 is 1.81 bits per heavy atom. The van der Waals surface area contributed by atoms with Crippen LogP contribution in [0.2, 0.25) is 0 Å². The normalized spacial score (nSPS) is 14.3. The van der Waals surface area contributed by atoms with Crippen molar-refractivity contribution in [3.63, 3.8) is 0 Å². The number of nitrogens with zero attached hydrogens (tertiary/aromatic N) is 3. The van der Waals surface area contributed by atoms with Crippen LogP contribution >= 0.6 is 0 Å². The highest BCUT2D eigenvalue weighted by Gasteiger charge is 2.21. The van der Waals surface area contributed by atoms with E-state index in [1.54, 1.807) is 0 Å². The van der Waals surface area contributed by atoms with Crippen molar-refractivity contribution in [2.75, 3.05) is 16.8 Å². The number of aromatic nitrogens is 2. The van der Waals surface area contributed by atoms with Gasteiger partial charge in [0.15, 0.2) is 0 Å². The van der Waals surface area contributed by atoms with Crippen LogP contribution < -0.4 is 10.2 Å². The van der Waals surface area contributed by atoms with Gasteiger partial charge in [0, 0.05) is 37.1 Å². The molecule has 1 aliphatic heterocycles. The monoisotopic (exact) mass is 354 g/mol. The molecule has 3 rings (SSSR count). The van der Waals surface area contributed by atoms with Crippen LogP contribution in [0.3, 0.4) is 0 Å². The molecule has 0 fully saturated rings. The molecular formula is C21H30N4O. The van der Waals surface area contributed by atoms with Gasteiger partial charge in [-0.1, -0.05) is 20.8 Å². The van der Waals surface area contributed by atoms with Crippen molar-refractivity contribution in [2.24, 2.45) is 5.41 Å². The van der Waals surface area contributed by atoms with E-state index in [0.717, 1.165) is 48.0 Å². The van der Waals surface area contributed by atoms with E-state index in [2.05, 4.69) is 72.7 Å². The minimum atomic E-state index is -0.0142. The van der Waals surface area contributed by atoms with E-state index < -0.39 is 0 Å². The van der Waals surface area contributed by atoms with Crippen LogP contribution in [0.25, 0.3) is 0 Å². The SMILES string of the molecule is Cc1cn2c(n1)CN(c1cc(C)c(NC(=O)CC(C)(C)C)c(C)c1)CC2. The average Bonchev–Trinajstić information content (AvgIpc) is 2.88. The van der Waals surface area contributed by atoms with Gasteiger partial charge in [-0.05, 0) is 49.4 Å². The van der Waals surface area contributed by atoms with Gasteiger partial charge in [0.2, 0.25) is 5.91 Å². The minimum Gasteiger partial charge on any atom is -0.362 e. The van der Waals surface area contributed by atoms with Gasteiger partial charge in [-0.2, -0.15) is 0 Å². The predicted octanol–water partition coefficient (Wildman–Crippen LogP) is 4.20. The van der Waals surface area contributed by atoms with Crippen molar-refractivity contribution in [1.82, 2.24) is 9.55 Å². The van der Waals surface area contributed by atoms with E-state index in [1.165, 1.54) is 5.69 Å². The molecule has 0 unspecified atom stereocenters. The topological polar surface area (TPSA) is 50.2 Å². The number of nitrogens with one attached hydrogen (secondary N) is 1. The quantitative estimate of drug-likeness (QED) is 0.898. The smallest absolute Gasteiger partial charge is 0.224 e. The van der Waals surface area contributed by atoms with Crippen LogP contribution in [-0.4, -0.2) is 22.0 Å². The zero-order chi connectivity index (χ0) is 19.1. The summed E-state index contributed by atoms with van der Waals surface area (Å²) < 4.78 is 2.24. The summed E-state index contributed by atoms with van der Waals surface area (Å²) >= 11 is 0. The number of aryl methyl sites for hydroxylation is 3. The first kappa shape index (κ1) is 18.5. The van der Waals surface area contributed by atoms with Crippen LogP contribution in [0.5, 0.6) is 0 Å². The second-order valence-electron chi connectivity index (χ2n) is 8.65. The number of benzene rings is 1. The number of carbonyl (C=O) groups excluding carboxylic acids is 1. The van der Waals surface area contributed by atoms with Crippen LogP contribution in [0.4, 0.5) is 11.4 Å². The van der Waals surface area contributed by atoms with Crippen molar-refractivity contribution in [3.05, 3.63) is 41.0 Å². The Morgan fingerprint density at radius 3 is 2.42 bits per heavy atom. The standard InChI is InChI=1S/C21H30N4O/c1-14-9-17(24-7-8-25-12-16(3)22-18(25)13-24)10-15(2)20(14)23-19(26)11-21(4,5)6/h9-10,12H,7-8,11,13H2,1-6H3,(H,23,26). The summed E-state index contributed by atoms with van der Waals surface area (Å²) in [6.07, 6.45) is 2.64. The molecule has 26 heavy (non-hydrogen) atoms. The van der Waals surface area contributed by atoms with E-state index in [-0.39, 0.29) is 11.3 Å². The summed E-state index contributed by atoms with van der Waals surface area (Å²) in [4.78, 5) is 19.3.